The van der Waals surface area contributed by atoms with Crippen molar-refractivity contribution in [2.24, 2.45) is 0 Å². The van der Waals surface area contributed by atoms with Crippen molar-refractivity contribution in [3.05, 3.63) is 12.7 Å². The Morgan fingerprint density at radius 2 is 2.53 bits per heavy atom. The first-order valence-electron chi connectivity index (χ1n) is 5.21. The molecule has 2 unspecified atom stereocenters. The molecular weight excluding hydrogens is 190 g/mol. The van der Waals surface area contributed by atoms with Crippen LogP contribution in [0.5, 0.6) is 0 Å². The molecule has 82 valence electrons. The molecule has 15 heavy (non-hydrogen) atoms. The summed E-state index contributed by atoms with van der Waals surface area (Å²) in [7, 11) is 0. The summed E-state index contributed by atoms with van der Waals surface area (Å²) >= 11 is 0. The minimum absolute atomic E-state index is 0.0385. The molecule has 0 saturated carbocycles. The van der Waals surface area contributed by atoms with Gasteiger partial charge in [0, 0.05) is 19.1 Å². The van der Waals surface area contributed by atoms with Gasteiger partial charge in [0.2, 0.25) is 5.91 Å². The highest BCUT2D eigenvalue weighted by atomic mass is 16.2. The molecule has 1 rings (SSSR count). The van der Waals surface area contributed by atoms with Crippen molar-refractivity contribution in [2.45, 2.75) is 31.8 Å². The van der Waals surface area contributed by atoms with E-state index < -0.39 is 0 Å². The fourth-order valence-corrected chi connectivity index (χ4v) is 1.78. The number of hydrogen-bond acceptors (Lipinski definition) is 3. The van der Waals surface area contributed by atoms with E-state index in [2.05, 4.69) is 18.0 Å². The molecule has 0 radical (unpaired) electrons. The number of carbonyl (C=O) groups is 1. The van der Waals surface area contributed by atoms with Crippen molar-refractivity contribution in [3.63, 3.8) is 0 Å². The van der Waals surface area contributed by atoms with Gasteiger partial charge in [-0.2, -0.15) is 5.26 Å². The highest BCUT2D eigenvalue weighted by molar-refractivity contribution is 5.82. The van der Waals surface area contributed by atoms with Gasteiger partial charge in [0.1, 0.15) is 6.04 Å². The highest BCUT2D eigenvalue weighted by Gasteiger charge is 2.29. The summed E-state index contributed by atoms with van der Waals surface area (Å²) in [5.41, 5.74) is 0. The van der Waals surface area contributed by atoms with Gasteiger partial charge in [-0.15, -0.1) is 6.58 Å². The lowest BCUT2D eigenvalue weighted by molar-refractivity contribution is -0.125. The van der Waals surface area contributed by atoms with Gasteiger partial charge in [-0.3, -0.25) is 9.69 Å². The van der Waals surface area contributed by atoms with Crippen molar-refractivity contribution in [1.29, 1.82) is 5.26 Å². The zero-order valence-corrected chi connectivity index (χ0v) is 9.07. The largest absolute Gasteiger partial charge is 0.352 e. The van der Waals surface area contributed by atoms with E-state index in [1.807, 2.05) is 11.8 Å². The van der Waals surface area contributed by atoms with Crippen molar-refractivity contribution in [1.82, 2.24) is 10.2 Å². The summed E-state index contributed by atoms with van der Waals surface area (Å²) in [4.78, 5) is 13.8. The SMILES string of the molecule is C=CCN1CCC(C)NC(=O)C1CC#N. The molecule has 0 bridgehead atoms. The van der Waals surface area contributed by atoms with Crippen LogP contribution in [0.3, 0.4) is 0 Å². The zero-order chi connectivity index (χ0) is 11.3. The van der Waals surface area contributed by atoms with E-state index in [1.54, 1.807) is 6.08 Å². The highest BCUT2D eigenvalue weighted by Crippen LogP contribution is 2.11. The van der Waals surface area contributed by atoms with E-state index in [4.69, 9.17) is 5.26 Å². The minimum atomic E-state index is -0.321. The summed E-state index contributed by atoms with van der Waals surface area (Å²) < 4.78 is 0. The Morgan fingerprint density at radius 1 is 1.80 bits per heavy atom. The molecule has 0 aromatic rings. The van der Waals surface area contributed by atoms with Crippen molar-refractivity contribution in [3.8, 4) is 6.07 Å². The van der Waals surface area contributed by atoms with Gasteiger partial charge in [0.05, 0.1) is 12.5 Å². The first-order chi connectivity index (χ1) is 7.19. The number of carbonyl (C=O) groups excluding carboxylic acids is 1. The van der Waals surface area contributed by atoms with E-state index in [-0.39, 0.29) is 24.4 Å². The lowest BCUT2D eigenvalue weighted by Crippen LogP contribution is -2.45. The van der Waals surface area contributed by atoms with Crippen LogP contribution in [-0.4, -0.2) is 36.0 Å². The predicted molar refractivity (Wildman–Crippen MR) is 58.0 cm³/mol. The Hall–Kier alpha value is -1.34. The fraction of sp³-hybridized carbons (Fsp3) is 0.636. The summed E-state index contributed by atoms with van der Waals surface area (Å²) in [6.45, 7) is 7.14. The van der Waals surface area contributed by atoms with E-state index in [9.17, 15) is 4.79 Å². The molecule has 1 aliphatic heterocycles. The maximum Gasteiger partial charge on any atom is 0.238 e. The lowest BCUT2D eigenvalue weighted by atomic mass is 10.1. The minimum Gasteiger partial charge on any atom is -0.352 e. The van der Waals surface area contributed by atoms with Crippen LogP contribution in [0.1, 0.15) is 19.8 Å². The summed E-state index contributed by atoms with van der Waals surface area (Å²) in [5, 5.41) is 11.6. The van der Waals surface area contributed by atoms with Crippen molar-refractivity contribution < 1.29 is 4.79 Å². The van der Waals surface area contributed by atoms with Crippen LogP contribution in [0.25, 0.3) is 0 Å². The molecule has 1 saturated heterocycles. The molecule has 1 N–H and O–H groups in total. The van der Waals surface area contributed by atoms with Gasteiger partial charge in [0.15, 0.2) is 0 Å². The van der Waals surface area contributed by atoms with Crippen LogP contribution < -0.4 is 5.32 Å². The first-order valence-corrected chi connectivity index (χ1v) is 5.21. The molecule has 4 nitrogen and oxygen atoms in total. The fourth-order valence-electron chi connectivity index (χ4n) is 1.78. The topological polar surface area (TPSA) is 56.1 Å². The number of nitrogens with one attached hydrogen (secondary N) is 1. The molecule has 1 amide bonds. The molecule has 2 atom stereocenters. The second kappa shape index (κ2) is 5.52. The van der Waals surface area contributed by atoms with Crippen LogP contribution in [-0.2, 0) is 4.79 Å². The van der Waals surface area contributed by atoms with Gasteiger partial charge in [-0.1, -0.05) is 6.08 Å². The Kier molecular flexibility index (Phi) is 4.32. The molecule has 0 aromatic heterocycles. The van der Waals surface area contributed by atoms with Gasteiger partial charge >= 0.3 is 0 Å². The lowest BCUT2D eigenvalue weighted by Gasteiger charge is -2.24. The molecule has 1 aliphatic rings. The standard InChI is InChI=1S/C11H17N3O/c1-3-7-14-8-5-9(2)13-11(15)10(14)4-6-12/h3,9-10H,1,4-5,7-8H2,2H3,(H,13,15). The quantitative estimate of drug-likeness (QED) is 0.692. The van der Waals surface area contributed by atoms with Crippen molar-refractivity contribution >= 4 is 5.91 Å². The summed E-state index contributed by atoms with van der Waals surface area (Å²) in [5.74, 6) is -0.0385. The molecule has 4 heteroatoms. The molecule has 0 aliphatic carbocycles. The van der Waals surface area contributed by atoms with Crippen LogP contribution in [0.4, 0.5) is 0 Å². The van der Waals surface area contributed by atoms with Crippen LogP contribution in [0, 0.1) is 11.3 Å². The van der Waals surface area contributed by atoms with Gasteiger partial charge in [-0.05, 0) is 13.3 Å². The number of hydrogen-bond donors (Lipinski definition) is 1. The third kappa shape index (κ3) is 3.07. The monoisotopic (exact) mass is 207 g/mol. The van der Waals surface area contributed by atoms with Crippen LogP contribution in [0.15, 0.2) is 12.7 Å². The van der Waals surface area contributed by atoms with E-state index in [1.165, 1.54) is 0 Å². The number of amides is 1. The third-order valence-electron chi connectivity index (χ3n) is 2.63. The van der Waals surface area contributed by atoms with Gasteiger partial charge < -0.3 is 5.32 Å². The summed E-state index contributed by atoms with van der Waals surface area (Å²) in [6, 6.07) is 1.93. The first kappa shape index (κ1) is 11.7. The molecular formula is C11H17N3O. The maximum atomic E-state index is 11.8. The Bertz CT molecular complexity index is 282. The predicted octanol–water partition coefficient (Wildman–Crippen LogP) is 0.665. The molecule has 1 heterocycles. The maximum absolute atomic E-state index is 11.8. The Labute approximate surface area is 90.6 Å². The Morgan fingerprint density at radius 3 is 3.13 bits per heavy atom. The normalized spacial score (nSPS) is 27.6. The van der Waals surface area contributed by atoms with E-state index in [0.717, 1.165) is 13.0 Å². The Balaban J connectivity index is 2.76. The van der Waals surface area contributed by atoms with Crippen LogP contribution in [0.2, 0.25) is 0 Å². The summed E-state index contributed by atoms with van der Waals surface area (Å²) in [6.07, 6.45) is 2.93. The second-order valence-corrected chi connectivity index (χ2v) is 3.86. The average molecular weight is 207 g/mol. The number of nitriles is 1. The van der Waals surface area contributed by atoms with Gasteiger partial charge in [-0.25, -0.2) is 0 Å². The number of rotatable bonds is 3. The average Bonchev–Trinajstić information content (AvgIpc) is 2.31. The molecule has 0 aromatic carbocycles. The second-order valence-electron chi connectivity index (χ2n) is 3.86. The third-order valence-corrected chi connectivity index (χ3v) is 2.63. The molecule has 1 fully saturated rings. The van der Waals surface area contributed by atoms with Gasteiger partial charge in [0.25, 0.3) is 0 Å². The zero-order valence-electron chi connectivity index (χ0n) is 9.07. The van der Waals surface area contributed by atoms with E-state index >= 15 is 0 Å². The number of nitrogens with zero attached hydrogens (tertiary/aromatic N) is 2. The van der Waals surface area contributed by atoms with Crippen molar-refractivity contribution in [2.75, 3.05) is 13.1 Å². The van der Waals surface area contributed by atoms with E-state index in [0.29, 0.717) is 6.54 Å². The molecule has 0 spiro atoms. The smallest absolute Gasteiger partial charge is 0.238 e. The van der Waals surface area contributed by atoms with Crippen LogP contribution >= 0.6 is 0 Å².